The van der Waals surface area contributed by atoms with Gasteiger partial charge in [0.05, 0.1) is 0 Å². The Morgan fingerprint density at radius 1 is 0.828 bits per heavy atom. The first-order chi connectivity index (χ1) is 28.5. The van der Waals surface area contributed by atoms with Crippen molar-refractivity contribution in [2.24, 2.45) is 0 Å². The zero-order valence-electron chi connectivity index (χ0n) is 34.4. The zero-order valence-corrected chi connectivity index (χ0v) is 42.1. The molecule has 3 aromatic carbocycles. The van der Waals surface area contributed by atoms with Crippen molar-refractivity contribution in [3.63, 3.8) is 0 Å². The molecule has 0 amide bonds. The van der Waals surface area contributed by atoms with E-state index in [2.05, 4.69) is 83.5 Å². The molecule has 0 bridgehead atoms. The molecule has 4 nitrogen and oxygen atoms in total. The van der Waals surface area contributed by atoms with Crippen LogP contribution in [0.5, 0.6) is 11.5 Å². The molecule has 10 rings (SSSR count). The van der Waals surface area contributed by atoms with Gasteiger partial charge in [0, 0.05) is 0 Å². The Kier molecular flexibility index (Phi) is 11.4. The average molecular weight is 1160 g/mol. The number of hydrogen-bond acceptors (Lipinski definition) is 3. The van der Waals surface area contributed by atoms with Gasteiger partial charge in [-0.3, -0.25) is 0 Å². The van der Waals surface area contributed by atoms with Gasteiger partial charge in [-0.2, -0.15) is 0 Å². The molecule has 58 heavy (non-hydrogen) atoms. The van der Waals surface area contributed by atoms with Gasteiger partial charge in [-0.1, -0.05) is 6.92 Å². The fourth-order valence-electron chi connectivity index (χ4n) is 11.1. The molecule has 0 aromatic heterocycles. The molecule has 0 spiro atoms. The first-order valence-electron chi connectivity index (χ1n) is 22.5. The van der Waals surface area contributed by atoms with Crippen molar-refractivity contribution in [1.82, 2.24) is 0 Å². The minimum atomic E-state index is 0.715. The molecule has 0 unspecified atom stereocenters. The van der Waals surface area contributed by atoms with Gasteiger partial charge in [-0.05, 0) is 0 Å². The number of nitrogens with zero attached hydrogens (tertiary/aromatic N) is 2. The molecule has 2 aliphatic carbocycles. The normalized spacial score (nSPS) is 21.6. The molecule has 5 aliphatic heterocycles. The van der Waals surface area contributed by atoms with Crippen molar-refractivity contribution in [3.05, 3.63) is 131 Å². The molecule has 5 heterocycles. The van der Waals surface area contributed by atoms with Gasteiger partial charge in [0.25, 0.3) is 0 Å². The summed E-state index contributed by atoms with van der Waals surface area (Å²) in [6, 6.07) is 12.5. The number of fused-ring (bicyclic) bond motifs is 2. The molecule has 0 saturated heterocycles. The van der Waals surface area contributed by atoms with E-state index >= 15 is 0 Å². The number of benzene rings is 3. The molecular weight excluding hydrogens is 1100 g/mol. The maximum atomic E-state index is 9.56. The van der Waals surface area contributed by atoms with Crippen LogP contribution >= 0.6 is 0 Å². The Labute approximate surface area is 378 Å². The Hall–Kier alpha value is -2.86. The summed E-state index contributed by atoms with van der Waals surface area (Å²) in [5.41, 5.74) is 22.5. The van der Waals surface area contributed by atoms with Crippen molar-refractivity contribution < 1.29 is 9.84 Å². The predicted molar refractivity (Wildman–Crippen MR) is 245 cm³/mol. The summed E-state index contributed by atoms with van der Waals surface area (Å²) in [6.07, 6.45) is 32.1. The van der Waals surface area contributed by atoms with E-state index < -0.39 is 0 Å². The van der Waals surface area contributed by atoms with Gasteiger partial charge in [0.1, 0.15) is 0 Å². The molecule has 294 valence electrons. The third-order valence-electron chi connectivity index (χ3n) is 13.8. The molecule has 6 heteroatoms. The van der Waals surface area contributed by atoms with Crippen LogP contribution in [0.4, 0.5) is 11.4 Å². The van der Waals surface area contributed by atoms with Crippen LogP contribution < -0.4 is 14.5 Å². The summed E-state index contributed by atoms with van der Waals surface area (Å²) in [4.78, 5) is 5.21. The van der Waals surface area contributed by atoms with E-state index in [4.69, 9.17) is 4.74 Å². The Balaban J connectivity index is 1.10. The Bertz CT molecular complexity index is 2350. The van der Waals surface area contributed by atoms with E-state index in [1.807, 2.05) is 0 Å². The van der Waals surface area contributed by atoms with Crippen molar-refractivity contribution in [2.45, 2.75) is 113 Å². The third-order valence-corrected chi connectivity index (χ3v) is 15.5. The zero-order chi connectivity index (χ0) is 39.3. The number of allylic oxidation sites excluding steroid dienone is 11. The molecule has 1 saturated carbocycles. The Morgan fingerprint density at radius 3 is 2.29 bits per heavy atom. The number of anilines is 2. The van der Waals surface area contributed by atoms with Crippen molar-refractivity contribution in [3.8, 4) is 11.5 Å². The molecule has 7 aliphatic rings. The summed E-state index contributed by atoms with van der Waals surface area (Å²) < 4.78 is 8.90. The van der Waals surface area contributed by atoms with E-state index in [1.54, 1.807) is 5.56 Å². The standard InChI is InChI=1S/C52H56N2O2.2Pb/c1-3-10-34-29-42(36-18-19-36)31-43(30-34)48-38(21-17-35(4-2)46-32-40-13-6-24-53-26-8-15-44(49(40)53)51(46)55)11-5-12-39(48)22-20-37-23-28-56-52-45-16-9-27-54-25-7-14-41(50(45)54)33-47(37)52;;/h4,17,20-23,29-33,36,55H,2-3,5-16,18-19,24-27H2,1H3;;/p+1/b21-17+,35-4-,37-20+,39-22+;;. The van der Waals surface area contributed by atoms with Gasteiger partial charge in [-0.25, -0.2) is 0 Å². The quantitative estimate of drug-likeness (QED) is 0.122. The van der Waals surface area contributed by atoms with E-state index in [-0.39, 0.29) is 0 Å². The van der Waals surface area contributed by atoms with Crippen LogP contribution in [-0.2, 0) is 32.1 Å². The van der Waals surface area contributed by atoms with Crippen molar-refractivity contribution in [1.29, 1.82) is 0 Å². The molecule has 2 N–H and O–H groups in total. The van der Waals surface area contributed by atoms with Gasteiger partial charge in [-0.15, -0.1) is 0 Å². The van der Waals surface area contributed by atoms with E-state index in [1.165, 1.54) is 136 Å². The summed E-state index contributed by atoms with van der Waals surface area (Å²) in [7, 11) is 0. The first kappa shape index (κ1) is 39.3. The number of hydrogen-bond donors (Lipinski definition) is 0. The van der Waals surface area contributed by atoms with Crippen LogP contribution in [-0.4, -0.2) is 82.8 Å². The number of rotatable bonds is 9. The van der Waals surface area contributed by atoms with Gasteiger partial charge in [0.2, 0.25) is 0 Å². The van der Waals surface area contributed by atoms with Gasteiger partial charge >= 0.3 is 374 Å². The SMILES string of the molecule is CCCc1cc(C2=C(/C=C/C(=C/[CH2][Pb])c3cc4c5c(c3[OH2+])CCCN5CCC4)CCC/C2=C\C=C2/C=[C]([Pb])Oc3c2cc2c4c3CCCN4CCC2)cc(C2CC2)c1. The van der Waals surface area contributed by atoms with Crippen LogP contribution in [0, 0.1) is 0 Å². The fourth-order valence-corrected chi connectivity index (χ4v) is 12.9. The molecule has 0 atom stereocenters. The topological polar surface area (TPSA) is 38.6 Å². The maximum absolute atomic E-state index is 9.56. The summed E-state index contributed by atoms with van der Waals surface area (Å²) in [6.45, 7) is 6.97. The number of aryl methyl sites for hydroxylation is 3. The second-order valence-electron chi connectivity index (χ2n) is 17.8. The van der Waals surface area contributed by atoms with Crippen LogP contribution in [0.15, 0.2) is 81.3 Å². The van der Waals surface area contributed by atoms with Crippen LogP contribution in [0.25, 0.3) is 16.7 Å². The van der Waals surface area contributed by atoms with Gasteiger partial charge in [0.15, 0.2) is 0 Å². The van der Waals surface area contributed by atoms with Crippen molar-refractivity contribution in [2.75, 3.05) is 36.0 Å². The molecule has 6 radical (unpaired) electrons. The predicted octanol–water partition coefficient (Wildman–Crippen LogP) is 10.9. The minimum absolute atomic E-state index is 0.715. The second-order valence-corrected chi connectivity index (χ2v) is 21.3. The van der Waals surface area contributed by atoms with E-state index in [0.29, 0.717) is 5.92 Å². The van der Waals surface area contributed by atoms with Crippen LogP contribution in [0.3, 0.4) is 0 Å². The molecule has 1 fully saturated rings. The molecular formula is C52H57N2O2Pb2+. The third kappa shape index (κ3) is 7.57. The second kappa shape index (κ2) is 16.9. The monoisotopic (exact) mass is 1160 g/mol. The first-order valence-corrected chi connectivity index (χ1v) is 27.2. The Morgan fingerprint density at radius 2 is 1.55 bits per heavy atom. The van der Waals surface area contributed by atoms with Crippen molar-refractivity contribution >= 4 is 79.6 Å². The summed E-state index contributed by atoms with van der Waals surface area (Å²) in [5, 5.41) is 9.56. The summed E-state index contributed by atoms with van der Waals surface area (Å²) in [5.74, 6) is 2.63. The van der Waals surface area contributed by atoms with E-state index in [9.17, 15) is 5.11 Å². The molecule has 3 aromatic rings. The van der Waals surface area contributed by atoms with Crippen LogP contribution in [0.2, 0.25) is 3.98 Å². The number of ether oxygens (including phenoxy) is 1. The fraction of sp³-hybridized carbons (Fsp3) is 0.423. The van der Waals surface area contributed by atoms with Crippen LogP contribution in [0.1, 0.15) is 127 Å². The van der Waals surface area contributed by atoms with E-state index in [0.717, 1.165) is 140 Å². The van der Waals surface area contributed by atoms with Gasteiger partial charge < -0.3 is 0 Å². The summed E-state index contributed by atoms with van der Waals surface area (Å²) >= 11 is 2.01. The average Bonchev–Trinajstić information content (AvgIpc) is 4.10.